The summed E-state index contributed by atoms with van der Waals surface area (Å²) in [7, 11) is 0. The Morgan fingerprint density at radius 2 is 1.95 bits per heavy atom. The first-order chi connectivity index (χ1) is 9.56. The molecule has 0 N–H and O–H groups in total. The van der Waals surface area contributed by atoms with Crippen LogP contribution in [-0.4, -0.2) is 11.0 Å². The summed E-state index contributed by atoms with van der Waals surface area (Å²) in [5.74, 6) is 0.0778. The predicted octanol–water partition coefficient (Wildman–Crippen LogP) is 4.11. The van der Waals surface area contributed by atoms with E-state index in [-0.39, 0.29) is 5.88 Å². The summed E-state index contributed by atoms with van der Waals surface area (Å²) in [6.45, 7) is 1.68. The van der Waals surface area contributed by atoms with Gasteiger partial charge in [-0.05, 0) is 43.5 Å². The fraction of sp³-hybridized carbons (Fsp3) is 0.143. The lowest BCUT2D eigenvalue weighted by molar-refractivity contribution is -0.132. The second kappa shape index (κ2) is 6.85. The molecule has 2 aromatic rings. The number of aromatic nitrogens is 1. The average Bonchev–Trinajstić information content (AvgIpc) is 2.38. The molecule has 0 unspecified atom stereocenters. The average molecular weight is 401 g/mol. The third-order valence-electron chi connectivity index (χ3n) is 2.33. The molecule has 0 fully saturated rings. The number of hydrogen-bond acceptors (Lipinski definition) is 4. The van der Waals surface area contributed by atoms with E-state index in [1.165, 1.54) is 6.92 Å². The van der Waals surface area contributed by atoms with Crippen LogP contribution in [0, 0.1) is 0 Å². The quantitative estimate of drug-likeness (QED) is 0.572. The van der Waals surface area contributed by atoms with Crippen molar-refractivity contribution in [2.24, 2.45) is 0 Å². The fourth-order valence-corrected chi connectivity index (χ4v) is 2.72. The lowest BCUT2D eigenvalue weighted by atomic mass is 10.2. The van der Waals surface area contributed by atoms with Crippen molar-refractivity contribution in [1.82, 2.24) is 4.98 Å². The Balaban J connectivity index is 2.23. The summed E-state index contributed by atoms with van der Waals surface area (Å²) in [5, 5.41) is 0. The number of carbonyl (C=O) groups is 1. The number of esters is 1. The number of halogens is 2. The summed E-state index contributed by atoms with van der Waals surface area (Å²) in [6.07, 6.45) is 0. The maximum absolute atomic E-state index is 11.1. The highest BCUT2D eigenvalue weighted by Crippen LogP contribution is 2.36. The zero-order valence-electron chi connectivity index (χ0n) is 10.6. The Hall–Kier alpha value is -1.40. The van der Waals surface area contributed by atoms with Gasteiger partial charge < -0.3 is 9.47 Å². The van der Waals surface area contributed by atoms with E-state index in [1.54, 1.807) is 6.07 Å². The largest absolute Gasteiger partial charge is 0.482 e. The molecule has 20 heavy (non-hydrogen) atoms. The Labute approximate surface area is 133 Å². The highest BCUT2D eigenvalue weighted by atomic mass is 79.9. The molecule has 0 atom stereocenters. The molecule has 0 aliphatic carbocycles. The second-order valence-electron chi connectivity index (χ2n) is 3.93. The third kappa shape index (κ3) is 4.05. The van der Waals surface area contributed by atoms with Crippen LogP contribution < -0.4 is 9.47 Å². The number of ether oxygens (including phenoxy) is 2. The maximum atomic E-state index is 11.1. The van der Waals surface area contributed by atoms with E-state index in [2.05, 4.69) is 36.8 Å². The molecule has 0 saturated carbocycles. The fourth-order valence-electron chi connectivity index (χ4n) is 1.52. The lowest BCUT2D eigenvalue weighted by Crippen LogP contribution is -2.06. The van der Waals surface area contributed by atoms with Crippen molar-refractivity contribution < 1.29 is 14.3 Å². The SMILES string of the molecule is CC(=O)Oc1nc(Br)cc(Br)c1OCc1ccccc1. The molecule has 0 amide bonds. The van der Waals surface area contributed by atoms with E-state index in [9.17, 15) is 4.79 Å². The first-order valence-corrected chi connectivity index (χ1v) is 7.36. The molecule has 6 heteroatoms. The lowest BCUT2D eigenvalue weighted by Gasteiger charge is -2.12. The van der Waals surface area contributed by atoms with Gasteiger partial charge in [-0.1, -0.05) is 30.3 Å². The monoisotopic (exact) mass is 399 g/mol. The van der Waals surface area contributed by atoms with Crippen molar-refractivity contribution >= 4 is 37.8 Å². The van der Waals surface area contributed by atoms with Gasteiger partial charge >= 0.3 is 5.97 Å². The topological polar surface area (TPSA) is 48.4 Å². The number of rotatable bonds is 4. The minimum absolute atomic E-state index is 0.134. The van der Waals surface area contributed by atoms with Gasteiger partial charge in [0.2, 0.25) is 0 Å². The minimum Gasteiger partial charge on any atom is -0.482 e. The highest BCUT2D eigenvalue weighted by Gasteiger charge is 2.15. The molecule has 0 aliphatic rings. The van der Waals surface area contributed by atoms with E-state index in [4.69, 9.17) is 9.47 Å². The van der Waals surface area contributed by atoms with E-state index >= 15 is 0 Å². The molecule has 0 bridgehead atoms. The molecule has 0 spiro atoms. The normalized spacial score (nSPS) is 10.2. The Morgan fingerprint density at radius 3 is 2.60 bits per heavy atom. The van der Waals surface area contributed by atoms with Crippen LogP contribution >= 0.6 is 31.9 Å². The molecule has 0 radical (unpaired) electrons. The number of benzene rings is 1. The van der Waals surface area contributed by atoms with E-state index in [0.29, 0.717) is 21.4 Å². The maximum Gasteiger partial charge on any atom is 0.309 e. The predicted molar refractivity (Wildman–Crippen MR) is 81.7 cm³/mol. The standard InChI is InChI=1S/C14H11Br2NO3/c1-9(18)20-14-13(11(15)7-12(16)17-14)19-8-10-5-3-2-4-6-10/h2-7H,8H2,1H3. The molecule has 1 heterocycles. The van der Waals surface area contributed by atoms with Crippen molar-refractivity contribution in [2.75, 3.05) is 0 Å². The summed E-state index contributed by atoms with van der Waals surface area (Å²) in [4.78, 5) is 15.2. The molecule has 0 aliphatic heterocycles. The summed E-state index contributed by atoms with van der Waals surface area (Å²) in [6, 6.07) is 11.4. The van der Waals surface area contributed by atoms with Gasteiger partial charge in [0.1, 0.15) is 11.2 Å². The molecule has 0 saturated heterocycles. The van der Waals surface area contributed by atoms with Gasteiger partial charge in [-0.25, -0.2) is 4.98 Å². The summed E-state index contributed by atoms with van der Waals surface area (Å²) in [5.41, 5.74) is 1.01. The molecule has 1 aromatic heterocycles. The van der Waals surface area contributed by atoms with Crippen LogP contribution in [0.2, 0.25) is 0 Å². The molecule has 4 nitrogen and oxygen atoms in total. The number of hydrogen-bond donors (Lipinski definition) is 0. The van der Waals surface area contributed by atoms with Gasteiger partial charge in [0.05, 0.1) is 4.47 Å². The first kappa shape index (κ1) is 15.0. The van der Waals surface area contributed by atoms with E-state index in [0.717, 1.165) is 5.56 Å². The van der Waals surface area contributed by atoms with Crippen LogP contribution in [0.25, 0.3) is 0 Å². The van der Waals surface area contributed by atoms with Crippen LogP contribution in [0.1, 0.15) is 12.5 Å². The summed E-state index contributed by atoms with van der Waals surface area (Å²) >= 11 is 6.62. The smallest absolute Gasteiger partial charge is 0.309 e. The number of nitrogens with zero attached hydrogens (tertiary/aromatic N) is 1. The minimum atomic E-state index is -0.452. The van der Waals surface area contributed by atoms with Crippen molar-refractivity contribution in [3.63, 3.8) is 0 Å². The van der Waals surface area contributed by atoms with Gasteiger partial charge in [-0.15, -0.1) is 0 Å². The van der Waals surface area contributed by atoms with Gasteiger partial charge in [-0.3, -0.25) is 4.79 Å². The van der Waals surface area contributed by atoms with Crippen LogP contribution in [0.3, 0.4) is 0 Å². The van der Waals surface area contributed by atoms with E-state index < -0.39 is 5.97 Å². The van der Waals surface area contributed by atoms with Crippen LogP contribution in [0.5, 0.6) is 11.6 Å². The Bertz CT molecular complexity index is 617. The molecule has 1 aromatic carbocycles. The van der Waals surface area contributed by atoms with Gasteiger partial charge in [-0.2, -0.15) is 0 Å². The Morgan fingerprint density at radius 1 is 1.25 bits per heavy atom. The zero-order valence-corrected chi connectivity index (χ0v) is 13.8. The van der Waals surface area contributed by atoms with Crippen LogP contribution in [0.15, 0.2) is 45.5 Å². The third-order valence-corrected chi connectivity index (χ3v) is 3.33. The van der Waals surface area contributed by atoms with Crippen molar-refractivity contribution in [3.05, 3.63) is 51.0 Å². The van der Waals surface area contributed by atoms with Crippen molar-refractivity contribution in [2.45, 2.75) is 13.5 Å². The van der Waals surface area contributed by atoms with Crippen LogP contribution in [0.4, 0.5) is 0 Å². The van der Waals surface area contributed by atoms with Gasteiger partial charge in [0.25, 0.3) is 5.88 Å². The highest BCUT2D eigenvalue weighted by molar-refractivity contribution is 9.11. The van der Waals surface area contributed by atoms with E-state index in [1.807, 2.05) is 30.3 Å². The molecular weight excluding hydrogens is 390 g/mol. The number of carbonyl (C=O) groups excluding carboxylic acids is 1. The van der Waals surface area contributed by atoms with Crippen LogP contribution in [-0.2, 0) is 11.4 Å². The van der Waals surface area contributed by atoms with Gasteiger partial charge in [0, 0.05) is 6.92 Å². The zero-order chi connectivity index (χ0) is 14.5. The van der Waals surface area contributed by atoms with Crippen molar-refractivity contribution in [3.8, 4) is 11.6 Å². The van der Waals surface area contributed by atoms with Crippen molar-refractivity contribution in [1.29, 1.82) is 0 Å². The first-order valence-electron chi connectivity index (χ1n) is 5.77. The molecular formula is C14H11Br2NO3. The molecule has 104 valence electrons. The second-order valence-corrected chi connectivity index (χ2v) is 5.60. The number of pyridine rings is 1. The van der Waals surface area contributed by atoms with Gasteiger partial charge in [0.15, 0.2) is 5.75 Å². The summed E-state index contributed by atoms with van der Waals surface area (Å²) < 4.78 is 12.0. The molecule has 2 rings (SSSR count). The Kier molecular flexibility index (Phi) is 5.14.